The first kappa shape index (κ1) is 11.6. The lowest BCUT2D eigenvalue weighted by molar-refractivity contribution is 0.800. The first-order valence-electron chi connectivity index (χ1n) is 5.32. The predicted octanol–water partition coefficient (Wildman–Crippen LogP) is 4.37. The summed E-state index contributed by atoms with van der Waals surface area (Å²) in [7, 11) is 0. The lowest BCUT2D eigenvalue weighted by atomic mass is 10.00. The number of aryl methyl sites for hydroxylation is 1. The fraction of sp³-hybridized carbons (Fsp3) is 0.538. The summed E-state index contributed by atoms with van der Waals surface area (Å²) in [5.74, 6) is 0.621. The molecule has 0 aliphatic carbocycles. The van der Waals surface area contributed by atoms with E-state index in [0.29, 0.717) is 5.92 Å². The molecule has 1 aromatic carbocycles. The van der Waals surface area contributed by atoms with Gasteiger partial charge in [0.05, 0.1) is 0 Å². The van der Waals surface area contributed by atoms with Crippen LogP contribution in [0, 0.1) is 0 Å². The van der Waals surface area contributed by atoms with Gasteiger partial charge in [0.2, 0.25) is 0 Å². The zero-order valence-electron chi connectivity index (χ0n) is 9.26. The predicted molar refractivity (Wildman–Crippen MR) is 64.2 cm³/mol. The fourth-order valence-corrected chi connectivity index (χ4v) is 1.54. The van der Waals surface area contributed by atoms with Crippen molar-refractivity contribution in [1.82, 2.24) is 0 Å². The molecular weight excluding hydrogens is 192 g/mol. The molecule has 0 spiro atoms. The number of halogens is 1. The molecule has 0 saturated carbocycles. The third-order valence-corrected chi connectivity index (χ3v) is 2.70. The summed E-state index contributed by atoms with van der Waals surface area (Å²) in [5, 5.41) is 0.278. The highest BCUT2D eigenvalue weighted by Gasteiger charge is 2.00. The lowest BCUT2D eigenvalue weighted by Gasteiger charge is -2.07. The number of alkyl halides is 1. The lowest BCUT2D eigenvalue weighted by Crippen LogP contribution is -1.95. The van der Waals surface area contributed by atoms with Crippen molar-refractivity contribution in [2.45, 2.75) is 44.9 Å². The molecule has 0 radical (unpaired) electrons. The Balaban J connectivity index is 2.55. The third kappa shape index (κ3) is 3.71. The average Bonchev–Trinajstić information content (AvgIpc) is 2.15. The van der Waals surface area contributed by atoms with Crippen LogP contribution in [-0.4, -0.2) is 5.38 Å². The molecule has 0 aliphatic rings. The van der Waals surface area contributed by atoms with Crippen LogP contribution < -0.4 is 0 Å². The molecule has 0 N–H and O–H groups in total. The van der Waals surface area contributed by atoms with Crippen LogP contribution in [0.3, 0.4) is 0 Å². The van der Waals surface area contributed by atoms with E-state index in [9.17, 15) is 0 Å². The van der Waals surface area contributed by atoms with Crippen molar-refractivity contribution in [3.8, 4) is 0 Å². The minimum Gasteiger partial charge on any atom is -0.123 e. The van der Waals surface area contributed by atoms with Crippen molar-refractivity contribution in [2.24, 2.45) is 0 Å². The standard InChI is InChI=1S/C13H19Cl/c1-10(2)13-8-6-12(7-9-13)5-4-11(3)14/h6-11H,4-5H2,1-3H3. The van der Waals surface area contributed by atoms with Crippen molar-refractivity contribution in [2.75, 3.05) is 0 Å². The van der Waals surface area contributed by atoms with Crippen LogP contribution in [0.1, 0.15) is 44.2 Å². The summed E-state index contributed by atoms with van der Waals surface area (Å²) in [5.41, 5.74) is 2.80. The van der Waals surface area contributed by atoms with E-state index >= 15 is 0 Å². The summed E-state index contributed by atoms with van der Waals surface area (Å²) >= 11 is 5.91. The summed E-state index contributed by atoms with van der Waals surface area (Å²) in [4.78, 5) is 0. The molecule has 1 rings (SSSR count). The van der Waals surface area contributed by atoms with Crippen LogP contribution >= 0.6 is 11.6 Å². The Bertz CT molecular complexity index is 259. The zero-order valence-corrected chi connectivity index (χ0v) is 10.0. The molecule has 1 aromatic rings. The van der Waals surface area contributed by atoms with E-state index < -0.39 is 0 Å². The van der Waals surface area contributed by atoms with Crippen molar-refractivity contribution >= 4 is 11.6 Å². The maximum Gasteiger partial charge on any atom is 0.0311 e. The number of hydrogen-bond donors (Lipinski definition) is 0. The maximum absolute atomic E-state index is 5.91. The Labute approximate surface area is 92.3 Å². The van der Waals surface area contributed by atoms with E-state index in [0.717, 1.165) is 12.8 Å². The highest BCUT2D eigenvalue weighted by molar-refractivity contribution is 6.20. The second kappa shape index (κ2) is 5.41. The highest BCUT2D eigenvalue weighted by Crippen LogP contribution is 2.16. The molecular formula is C13H19Cl. The van der Waals surface area contributed by atoms with Gasteiger partial charge in [0, 0.05) is 5.38 Å². The number of rotatable bonds is 4. The van der Waals surface area contributed by atoms with E-state index in [1.807, 2.05) is 6.92 Å². The van der Waals surface area contributed by atoms with Gasteiger partial charge in [-0.2, -0.15) is 0 Å². The van der Waals surface area contributed by atoms with E-state index in [-0.39, 0.29) is 5.38 Å². The van der Waals surface area contributed by atoms with Crippen LogP contribution in [0.25, 0.3) is 0 Å². The van der Waals surface area contributed by atoms with Crippen LogP contribution in [-0.2, 0) is 6.42 Å². The molecule has 0 amide bonds. The molecule has 14 heavy (non-hydrogen) atoms. The van der Waals surface area contributed by atoms with E-state index in [2.05, 4.69) is 38.1 Å². The fourth-order valence-electron chi connectivity index (χ4n) is 1.43. The zero-order chi connectivity index (χ0) is 10.6. The van der Waals surface area contributed by atoms with Crippen LogP contribution in [0.5, 0.6) is 0 Å². The third-order valence-electron chi connectivity index (χ3n) is 2.48. The van der Waals surface area contributed by atoms with Gasteiger partial charge < -0.3 is 0 Å². The van der Waals surface area contributed by atoms with Crippen LogP contribution in [0.2, 0.25) is 0 Å². The van der Waals surface area contributed by atoms with Gasteiger partial charge in [-0.25, -0.2) is 0 Å². The van der Waals surface area contributed by atoms with Gasteiger partial charge in [0.15, 0.2) is 0 Å². The van der Waals surface area contributed by atoms with Gasteiger partial charge >= 0.3 is 0 Å². The van der Waals surface area contributed by atoms with E-state index in [4.69, 9.17) is 11.6 Å². The van der Waals surface area contributed by atoms with Gasteiger partial charge in [-0.15, -0.1) is 11.6 Å². The van der Waals surface area contributed by atoms with Crippen molar-refractivity contribution in [3.63, 3.8) is 0 Å². The summed E-state index contributed by atoms with van der Waals surface area (Å²) < 4.78 is 0. The molecule has 0 fully saturated rings. The van der Waals surface area contributed by atoms with Crippen molar-refractivity contribution in [3.05, 3.63) is 35.4 Å². The van der Waals surface area contributed by atoms with Crippen molar-refractivity contribution in [1.29, 1.82) is 0 Å². The highest BCUT2D eigenvalue weighted by atomic mass is 35.5. The van der Waals surface area contributed by atoms with Gasteiger partial charge in [-0.1, -0.05) is 38.1 Å². The van der Waals surface area contributed by atoms with E-state index in [1.165, 1.54) is 11.1 Å². The molecule has 0 heterocycles. The number of hydrogen-bond acceptors (Lipinski definition) is 0. The van der Waals surface area contributed by atoms with Gasteiger partial charge in [-0.3, -0.25) is 0 Å². The first-order valence-corrected chi connectivity index (χ1v) is 5.76. The molecule has 78 valence electrons. The van der Waals surface area contributed by atoms with Crippen molar-refractivity contribution < 1.29 is 0 Å². The molecule has 0 bridgehead atoms. The molecule has 0 aromatic heterocycles. The number of benzene rings is 1. The molecule has 1 heteroatoms. The first-order chi connectivity index (χ1) is 6.59. The SMILES string of the molecule is CC(Cl)CCc1ccc(C(C)C)cc1. The quantitative estimate of drug-likeness (QED) is 0.648. The Morgan fingerprint density at radius 1 is 1.07 bits per heavy atom. The monoisotopic (exact) mass is 210 g/mol. The van der Waals surface area contributed by atoms with Gasteiger partial charge in [0.25, 0.3) is 0 Å². The molecule has 0 nitrogen and oxygen atoms in total. The Kier molecular flexibility index (Phi) is 4.47. The largest absolute Gasteiger partial charge is 0.123 e. The summed E-state index contributed by atoms with van der Waals surface area (Å²) in [6.45, 7) is 6.48. The molecule has 1 atom stereocenters. The van der Waals surface area contributed by atoms with Gasteiger partial charge in [0.1, 0.15) is 0 Å². The smallest absolute Gasteiger partial charge is 0.0311 e. The summed E-state index contributed by atoms with van der Waals surface area (Å²) in [6.07, 6.45) is 2.14. The van der Waals surface area contributed by atoms with E-state index in [1.54, 1.807) is 0 Å². The second-order valence-electron chi connectivity index (χ2n) is 4.22. The molecule has 0 saturated heterocycles. The molecule has 0 aliphatic heterocycles. The Morgan fingerprint density at radius 2 is 1.64 bits per heavy atom. The van der Waals surface area contributed by atoms with Crippen LogP contribution in [0.4, 0.5) is 0 Å². The summed E-state index contributed by atoms with van der Waals surface area (Å²) in [6, 6.07) is 8.88. The normalized spacial score (nSPS) is 13.2. The topological polar surface area (TPSA) is 0 Å². The van der Waals surface area contributed by atoms with Crippen LogP contribution in [0.15, 0.2) is 24.3 Å². The Morgan fingerprint density at radius 3 is 2.07 bits per heavy atom. The molecule has 1 unspecified atom stereocenters. The Hall–Kier alpha value is -0.490. The minimum atomic E-state index is 0.278. The second-order valence-corrected chi connectivity index (χ2v) is 4.96. The maximum atomic E-state index is 5.91. The van der Waals surface area contributed by atoms with Gasteiger partial charge in [-0.05, 0) is 36.8 Å². The average molecular weight is 211 g/mol. The minimum absolute atomic E-state index is 0.278.